The Kier molecular flexibility index (Phi) is 6.09. The monoisotopic (exact) mass is 392 g/mol. The van der Waals surface area contributed by atoms with Crippen LogP contribution in [-0.4, -0.2) is 28.8 Å². The molecular formula is C22H26N5O2+. The third kappa shape index (κ3) is 4.52. The molecule has 7 heteroatoms. The Morgan fingerprint density at radius 2 is 1.66 bits per heavy atom. The second-order valence-corrected chi connectivity index (χ2v) is 7.12. The fourth-order valence-electron chi connectivity index (χ4n) is 3.63. The third-order valence-corrected chi connectivity index (χ3v) is 5.03. The maximum atomic E-state index is 12.7. The van der Waals surface area contributed by atoms with E-state index in [-0.39, 0.29) is 0 Å². The van der Waals surface area contributed by atoms with Crippen molar-refractivity contribution in [1.82, 2.24) is 15.1 Å². The van der Waals surface area contributed by atoms with Crippen molar-refractivity contribution in [3.05, 3.63) is 83.2 Å². The second-order valence-electron chi connectivity index (χ2n) is 7.12. The molecule has 0 spiro atoms. The van der Waals surface area contributed by atoms with Gasteiger partial charge in [0.05, 0.1) is 29.7 Å². The zero-order chi connectivity index (χ0) is 21.0. The largest absolute Gasteiger partial charge is 0.351 e. The van der Waals surface area contributed by atoms with Gasteiger partial charge >= 0.3 is 6.03 Å². The fourth-order valence-corrected chi connectivity index (χ4v) is 3.63. The molecule has 2 atom stereocenters. The van der Waals surface area contributed by atoms with Gasteiger partial charge in [-0.3, -0.25) is 10.1 Å². The summed E-state index contributed by atoms with van der Waals surface area (Å²) >= 11 is 0. The number of hydrogen-bond acceptors (Lipinski definition) is 3. The molecule has 4 N–H and O–H groups in total. The van der Waals surface area contributed by atoms with E-state index in [1.807, 2.05) is 86.2 Å². The highest BCUT2D eigenvalue weighted by Gasteiger charge is 2.31. The normalized spacial score (nSPS) is 12.9. The molecular weight excluding hydrogens is 366 g/mol. The lowest BCUT2D eigenvalue weighted by Gasteiger charge is -2.24. The number of primary amides is 1. The number of carbonyl (C=O) groups is 2. The number of nitrogens with zero attached hydrogens (tertiary/aromatic N) is 2. The van der Waals surface area contributed by atoms with Gasteiger partial charge in [-0.05, 0) is 26.0 Å². The number of para-hydroxylation sites is 1. The standard InChI is InChI=1S/C22H25N5O2/c1-15-19(16(2)27(25-15)18-12-8-5-9-13-18)14-26(3)20(21(28)24-22(23)29)17-10-6-4-7-11-17/h4-13,20H,14H2,1-3H3,(H3,23,24,28,29)/p+1/t20-/m1/s1. The predicted octanol–water partition coefficient (Wildman–Crippen LogP) is 1.44. The van der Waals surface area contributed by atoms with Crippen molar-refractivity contribution in [3.8, 4) is 5.69 Å². The van der Waals surface area contributed by atoms with Crippen molar-refractivity contribution in [2.24, 2.45) is 5.73 Å². The second kappa shape index (κ2) is 8.70. The number of hydrogen-bond donors (Lipinski definition) is 3. The number of quaternary nitrogens is 1. The summed E-state index contributed by atoms with van der Waals surface area (Å²) in [6.45, 7) is 4.56. The van der Waals surface area contributed by atoms with E-state index in [0.717, 1.165) is 33.1 Å². The Bertz CT molecular complexity index is 999. The Morgan fingerprint density at radius 3 is 2.24 bits per heavy atom. The Labute approximate surface area is 170 Å². The van der Waals surface area contributed by atoms with Gasteiger partial charge in [0.1, 0.15) is 6.54 Å². The van der Waals surface area contributed by atoms with Crippen molar-refractivity contribution in [2.75, 3.05) is 7.05 Å². The highest BCUT2D eigenvalue weighted by Crippen LogP contribution is 2.18. The number of amides is 3. The molecule has 29 heavy (non-hydrogen) atoms. The van der Waals surface area contributed by atoms with Crippen LogP contribution in [0.4, 0.5) is 4.79 Å². The summed E-state index contributed by atoms with van der Waals surface area (Å²) in [5.74, 6) is -0.424. The average molecular weight is 392 g/mol. The number of urea groups is 1. The summed E-state index contributed by atoms with van der Waals surface area (Å²) in [6, 6.07) is 17.9. The van der Waals surface area contributed by atoms with Gasteiger partial charge in [-0.25, -0.2) is 9.48 Å². The molecule has 7 nitrogen and oxygen atoms in total. The molecule has 2 aromatic carbocycles. The fraction of sp³-hybridized carbons (Fsp3) is 0.227. The molecule has 0 saturated heterocycles. The number of aromatic nitrogens is 2. The van der Waals surface area contributed by atoms with Crippen LogP contribution in [0, 0.1) is 13.8 Å². The molecule has 1 unspecified atom stereocenters. The van der Waals surface area contributed by atoms with Crippen molar-refractivity contribution >= 4 is 11.9 Å². The first kappa shape index (κ1) is 20.3. The number of nitrogens with one attached hydrogen (secondary N) is 2. The quantitative estimate of drug-likeness (QED) is 0.592. The summed E-state index contributed by atoms with van der Waals surface area (Å²) < 4.78 is 1.92. The molecule has 150 valence electrons. The number of rotatable bonds is 6. The summed E-state index contributed by atoms with van der Waals surface area (Å²) in [5.41, 5.74) is 9.99. The van der Waals surface area contributed by atoms with Gasteiger partial charge in [0.2, 0.25) is 0 Å². The van der Waals surface area contributed by atoms with Gasteiger partial charge in [-0.1, -0.05) is 48.5 Å². The van der Waals surface area contributed by atoms with E-state index in [4.69, 9.17) is 5.73 Å². The molecule has 0 bridgehead atoms. The number of imide groups is 1. The number of benzene rings is 2. The van der Waals surface area contributed by atoms with Gasteiger partial charge in [-0.2, -0.15) is 5.10 Å². The van der Waals surface area contributed by atoms with Crippen molar-refractivity contribution in [3.63, 3.8) is 0 Å². The maximum Gasteiger partial charge on any atom is 0.319 e. The molecule has 3 rings (SSSR count). The van der Waals surface area contributed by atoms with E-state index in [0.29, 0.717) is 6.54 Å². The molecule has 1 aromatic heterocycles. The van der Waals surface area contributed by atoms with Crippen LogP contribution in [0.15, 0.2) is 60.7 Å². The molecule has 1 heterocycles. The van der Waals surface area contributed by atoms with E-state index >= 15 is 0 Å². The SMILES string of the molecule is Cc1nn(-c2ccccc2)c(C)c1C[NH+](C)[C@@H](C(=O)NC(N)=O)c1ccccc1. The number of likely N-dealkylation sites (N-methyl/N-ethyl adjacent to an activating group) is 1. The van der Waals surface area contributed by atoms with E-state index < -0.39 is 18.0 Å². The predicted molar refractivity (Wildman–Crippen MR) is 111 cm³/mol. The van der Waals surface area contributed by atoms with E-state index in [1.165, 1.54) is 0 Å². The topological polar surface area (TPSA) is 94.4 Å². The van der Waals surface area contributed by atoms with Crippen molar-refractivity contribution in [2.45, 2.75) is 26.4 Å². The molecule has 0 aliphatic carbocycles. The Morgan fingerprint density at radius 1 is 1.07 bits per heavy atom. The van der Waals surface area contributed by atoms with Crippen LogP contribution in [0.5, 0.6) is 0 Å². The van der Waals surface area contributed by atoms with Crippen molar-refractivity contribution < 1.29 is 14.5 Å². The first-order valence-electron chi connectivity index (χ1n) is 9.46. The first-order chi connectivity index (χ1) is 13.9. The van der Waals surface area contributed by atoms with Crippen LogP contribution in [0.1, 0.15) is 28.6 Å². The van der Waals surface area contributed by atoms with Gasteiger partial charge < -0.3 is 10.6 Å². The molecule has 0 saturated carbocycles. The lowest BCUT2D eigenvalue weighted by molar-refractivity contribution is -0.916. The average Bonchev–Trinajstić information content (AvgIpc) is 2.97. The molecule has 0 aliphatic heterocycles. The van der Waals surface area contributed by atoms with Crippen LogP contribution >= 0.6 is 0 Å². The Hall–Kier alpha value is -3.45. The minimum absolute atomic E-state index is 0.424. The van der Waals surface area contributed by atoms with Gasteiger partial charge in [0.15, 0.2) is 6.04 Å². The highest BCUT2D eigenvalue weighted by atomic mass is 16.2. The van der Waals surface area contributed by atoms with Crippen LogP contribution in [-0.2, 0) is 11.3 Å². The smallest absolute Gasteiger partial charge is 0.319 e. The highest BCUT2D eigenvalue weighted by molar-refractivity contribution is 5.96. The van der Waals surface area contributed by atoms with Crippen LogP contribution in [0.25, 0.3) is 5.69 Å². The van der Waals surface area contributed by atoms with Crippen LogP contribution in [0.3, 0.4) is 0 Å². The zero-order valence-electron chi connectivity index (χ0n) is 16.8. The first-order valence-corrected chi connectivity index (χ1v) is 9.46. The summed E-state index contributed by atoms with van der Waals surface area (Å²) in [4.78, 5) is 24.9. The molecule has 0 radical (unpaired) electrons. The Balaban J connectivity index is 1.92. The molecule has 3 aromatic rings. The minimum Gasteiger partial charge on any atom is -0.351 e. The molecule has 0 aliphatic rings. The molecule has 3 amide bonds. The lowest BCUT2D eigenvalue weighted by Crippen LogP contribution is -3.09. The number of aryl methyl sites for hydroxylation is 1. The summed E-state index contributed by atoms with van der Waals surface area (Å²) in [5, 5.41) is 6.91. The van der Waals surface area contributed by atoms with E-state index in [9.17, 15) is 9.59 Å². The number of nitrogens with two attached hydrogens (primary N) is 1. The van der Waals surface area contributed by atoms with E-state index in [1.54, 1.807) is 0 Å². The summed E-state index contributed by atoms with van der Waals surface area (Å²) in [7, 11) is 1.93. The zero-order valence-corrected chi connectivity index (χ0v) is 16.8. The summed E-state index contributed by atoms with van der Waals surface area (Å²) in [6.07, 6.45) is 0. The van der Waals surface area contributed by atoms with Crippen LogP contribution in [0.2, 0.25) is 0 Å². The lowest BCUT2D eigenvalue weighted by atomic mass is 10.0. The van der Waals surface area contributed by atoms with Gasteiger partial charge in [0, 0.05) is 5.56 Å². The van der Waals surface area contributed by atoms with Crippen LogP contribution < -0.4 is 16.0 Å². The number of carbonyl (C=O) groups excluding carboxylic acids is 2. The van der Waals surface area contributed by atoms with E-state index in [2.05, 4.69) is 10.4 Å². The third-order valence-electron chi connectivity index (χ3n) is 5.03. The van der Waals surface area contributed by atoms with Gasteiger partial charge in [0.25, 0.3) is 5.91 Å². The maximum absolute atomic E-state index is 12.7. The van der Waals surface area contributed by atoms with Gasteiger partial charge in [-0.15, -0.1) is 0 Å². The molecule has 0 fully saturated rings. The minimum atomic E-state index is -0.854. The van der Waals surface area contributed by atoms with Crippen molar-refractivity contribution in [1.29, 1.82) is 0 Å².